The lowest BCUT2D eigenvalue weighted by molar-refractivity contribution is -0.384. The van der Waals surface area contributed by atoms with Gasteiger partial charge in [-0.15, -0.1) is 0 Å². The average Bonchev–Trinajstić information content (AvgIpc) is 3.33. The molecule has 5 rings (SSSR count). The number of ketones is 1. The van der Waals surface area contributed by atoms with Gasteiger partial charge >= 0.3 is 0 Å². The molecule has 3 aromatic carbocycles. The highest BCUT2D eigenvalue weighted by atomic mass is 16.6. The van der Waals surface area contributed by atoms with E-state index in [9.17, 15) is 25.0 Å². The van der Waals surface area contributed by atoms with Gasteiger partial charge in [-0.3, -0.25) is 30.0 Å². The highest BCUT2D eigenvalue weighted by Gasteiger charge is 2.22. The van der Waals surface area contributed by atoms with Gasteiger partial charge in [-0.1, -0.05) is 24.3 Å². The number of furan rings is 1. The number of aromatic nitrogens is 1. The summed E-state index contributed by atoms with van der Waals surface area (Å²) in [6, 6.07) is 21.0. The summed E-state index contributed by atoms with van der Waals surface area (Å²) in [5.74, 6) is 0.865. The first-order valence-corrected chi connectivity index (χ1v) is 10.9. The molecule has 36 heavy (non-hydrogen) atoms. The molecule has 0 atom stereocenters. The quantitative estimate of drug-likeness (QED) is 0.148. The molecule has 0 N–H and O–H groups in total. The van der Waals surface area contributed by atoms with Crippen LogP contribution in [0.4, 0.5) is 11.4 Å². The van der Waals surface area contributed by atoms with Gasteiger partial charge in [0, 0.05) is 52.2 Å². The first-order chi connectivity index (χ1) is 17.3. The second-order valence-electron chi connectivity index (χ2n) is 8.08. The van der Waals surface area contributed by atoms with Crippen molar-refractivity contribution in [2.24, 2.45) is 0 Å². The molecule has 0 unspecified atom stereocenters. The van der Waals surface area contributed by atoms with Gasteiger partial charge in [-0.05, 0) is 43.3 Å². The first-order valence-electron chi connectivity index (χ1n) is 10.9. The van der Waals surface area contributed by atoms with Crippen LogP contribution in [0, 0.1) is 20.2 Å². The van der Waals surface area contributed by atoms with Crippen LogP contribution in [-0.4, -0.2) is 20.6 Å². The Morgan fingerprint density at radius 1 is 0.833 bits per heavy atom. The third kappa shape index (κ3) is 3.98. The zero-order valence-electron chi connectivity index (χ0n) is 18.9. The van der Waals surface area contributed by atoms with Crippen LogP contribution in [0.5, 0.6) is 0 Å². The minimum Gasteiger partial charge on any atom is -0.455 e. The van der Waals surface area contributed by atoms with Gasteiger partial charge in [0.1, 0.15) is 11.5 Å². The number of carbonyl (C=O) groups is 1. The van der Waals surface area contributed by atoms with Gasteiger partial charge in [-0.2, -0.15) is 0 Å². The van der Waals surface area contributed by atoms with E-state index in [0.717, 1.165) is 0 Å². The third-order valence-corrected chi connectivity index (χ3v) is 5.88. The van der Waals surface area contributed by atoms with Gasteiger partial charge in [0.15, 0.2) is 5.78 Å². The molecular weight excluding hydrogens is 462 g/mol. The Bertz CT molecular complexity index is 1650. The van der Waals surface area contributed by atoms with Crippen molar-refractivity contribution in [3.8, 4) is 33.8 Å². The van der Waals surface area contributed by atoms with Crippen molar-refractivity contribution in [1.82, 2.24) is 4.98 Å². The monoisotopic (exact) mass is 479 g/mol. The van der Waals surface area contributed by atoms with E-state index in [1.165, 1.54) is 25.1 Å². The second-order valence-corrected chi connectivity index (χ2v) is 8.08. The Morgan fingerprint density at radius 3 is 2.17 bits per heavy atom. The number of non-ortho nitro benzene ring substituents is 2. The highest BCUT2D eigenvalue weighted by molar-refractivity contribution is 6.02. The summed E-state index contributed by atoms with van der Waals surface area (Å²) in [4.78, 5) is 37.9. The predicted molar refractivity (Wildman–Crippen MR) is 134 cm³/mol. The number of carbonyl (C=O) groups excluding carboxylic acids is 1. The van der Waals surface area contributed by atoms with Crippen molar-refractivity contribution >= 4 is 28.1 Å². The number of nitro benzene ring substituents is 2. The van der Waals surface area contributed by atoms with Crippen LogP contribution in [0.2, 0.25) is 0 Å². The zero-order valence-corrected chi connectivity index (χ0v) is 18.9. The van der Waals surface area contributed by atoms with Crippen LogP contribution in [0.15, 0.2) is 89.5 Å². The lowest BCUT2D eigenvalue weighted by atomic mass is 9.97. The van der Waals surface area contributed by atoms with E-state index in [0.29, 0.717) is 50.2 Å². The SMILES string of the molecule is CC(=O)c1ccc(-c2cc(-c3ccc([N+](=O)[O-])c4cccnc34)c(-c3ccc([N+](=O)[O-])cc3)o2)cc1. The summed E-state index contributed by atoms with van der Waals surface area (Å²) in [6.07, 6.45) is 1.56. The summed E-state index contributed by atoms with van der Waals surface area (Å²) in [5, 5.41) is 23.1. The van der Waals surface area contributed by atoms with Gasteiger partial charge in [0.25, 0.3) is 11.4 Å². The van der Waals surface area contributed by atoms with E-state index in [1.807, 2.05) is 0 Å². The average molecular weight is 479 g/mol. The van der Waals surface area contributed by atoms with Crippen LogP contribution in [0.25, 0.3) is 44.7 Å². The number of nitro groups is 2. The van der Waals surface area contributed by atoms with Gasteiger partial charge in [0.05, 0.1) is 20.7 Å². The fraction of sp³-hybridized carbons (Fsp3) is 0.0370. The van der Waals surface area contributed by atoms with Crippen LogP contribution >= 0.6 is 0 Å². The molecule has 0 spiro atoms. The maximum Gasteiger partial charge on any atom is 0.278 e. The first kappa shape index (κ1) is 22.6. The number of hydrogen-bond donors (Lipinski definition) is 0. The Labute approximate surface area is 203 Å². The molecule has 0 amide bonds. The molecule has 0 radical (unpaired) electrons. The fourth-order valence-corrected chi connectivity index (χ4v) is 4.09. The van der Waals surface area contributed by atoms with Crippen LogP contribution in [0.1, 0.15) is 17.3 Å². The molecular formula is C27H17N3O6. The number of benzene rings is 3. The number of pyridine rings is 1. The molecule has 0 bridgehead atoms. The maximum absolute atomic E-state index is 11.7. The number of nitrogens with zero attached hydrogens (tertiary/aromatic N) is 3. The molecule has 176 valence electrons. The summed E-state index contributed by atoms with van der Waals surface area (Å²) >= 11 is 0. The Hall–Kier alpha value is -5.18. The lowest BCUT2D eigenvalue weighted by Crippen LogP contribution is -1.93. The Morgan fingerprint density at radius 2 is 1.53 bits per heavy atom. The molecule has 9 nitrogen and oxygen atoms in total. The largest absolute Gasteiger partial charge is 0.455 e. The van der Waals surface area contributed by atoms with Crippen LogP contribution in [0.3, 0.4) is 0 Å². The predicted octanol–water partition coefficient (Wildman–Crippen LogP) is 6.85. The minimum absolute atomic E-state index is 0.0586. The van der Waals surface area contributed by atoms with E-state index in [-0.39, 0.29) is 17.2 Å². The molecule has 0 saturated carbocycles. The number of fused-ring (bicyclic) bond motifs is 1. The molecule has 0 saturated heterocycles. The third-order valence-electron chi connectivity index (χ3n) is 5.88. The van der Waals surface area contributed by atoms with Gasteiger partial charge in [-0.25, -0.2) is 0 Å². The molecule has 0 aliphatic carbocycles. The van der Waals surface area contributed by atoms with E-state index < -0.39 is 9.85 Å². The molecule has 9 heteroatoms. The summed E-state index contributed by atoms with van der Waals surface area (Å²) in [7, 11) is 0. The standard InChI is InChI=1S/C27H17N3O6/c1-16(31)17-4-6-18(7-5-17)25-15-23(27(36-25)19-8-10-20(11-9-19)29(32)33)21-12-13-24(30(34)35)22-3-2-14-28-26(21)22/h2-15H,1H3. The van der Waals surface area contributed by atoms with Crippen LogP contribution in [-0.2, 0) is 0 Å². The van der Waals surface area contributed by atoms with Crippen molar-refractivity contribution < 1.29 is 19.1 Å². The van der Waals surface area contributed by atoms with Crippen molar-refractivity contribution in [1.29, 1.82) is 0 Å². The molecule has 2 heterocycles. The molecule has 0 fully saturated rings. The van der Waals surface area contributed by atoms with Crippen LogP contribution < -0.4 is 0 Å². The van der Waals surface area contributed by atoms with Crippen molar-refractivity contribution in [2.75, 3.05) is 0 Å². The van der Waals surface area contributed by atoms with Gasteiger partial charge in [0.2, 0.25) is 0 Å². The maximum atomic E-state index is 11.7. The summed E-state index contributed by atoms with van der Waals surface area (Å²) in [5.41, 5.74) is 3.39. The Kier molecular flexibility index (Phi) is 5.57. The number of Topliss-reactive ketones (excluding diaryl/α,β-unsaturated/α-hetero) is 1. The topological polar surface area (TPSA) is 129 Å². The zero-order chi connectivity index (χ0) is 25.4. The number of rotatable bonds is 6. The van der Waals surface area contributed by atoms with Crippen molar-refractivity contribution in [3.63, 3.8) is 0 Å². The second kappa shape index (κ2) is 8.88. The van der Waals surface area contributed by atoms with Crippen molar-refractivity contribution in [3.05, 3.63) is 111 Å². The molecule has 5 aromatic rings. The molecule has 2 aromatic heterocycles. The number of hydrogen-bond acceptors (Lipinski definition) is 7. The normalized spacial score (nSPS) is 10.9. The van der Waals surface area contributed by atoms with Gasteiger partial charge < -0.3 is 4.42 Å². The fourth-order valence-electron chi connectivity index (χ4n) is 4.09. The van der Waals surface area contributed by atoms with Crippen molar-refractivity contribution in [2.45, 2.75) is 6.92 Å². The summed E-state index contributed by atoms with van der Waals surface area (Å²) in [6.45, 7) is 1.49. The lowest BCUT2D eigenvalue weighted by Gasteiger charge is -2.07. The van der Waals surface area contributed by atoms with E-state index in [2.05, 4.69) is 4.98 Å². The smallest absolute Gasteiger partial charge is 0.278 e. The molecule has 0 aliphatic rings. The minimum atomic E-state index is -0.484. The Balaban J connectivity index is 1.74. The van der Waals surface area contributed by atoms with E-state index in [1.54, 1.807) is 66.9 Å². The summed E-state index contributed by atoms with van der Waals surface area (Å²) < 4.78 is 6.25. The van der Waals surface area contributed by atoms with E-state index in [4.69, 9.17) is 4.42 Å². The van der Waals surface area contributed by atoms with E-state index >= 15 is 0 Å². The highest BCUT2D eigenvalue weighted by Crippen LogP contribution is 2.42. The molecule has 0 aliphatic heterocycles.